The van der Waals surface area contributed by atoms with Crippen molar-refractivity contribution in [2.45, 2.75) is 13.0 Å². The maximum atomic E-state index is 9.47. The molecule has 0 aliphatic carbocycles. The fourth-order valence-electron chi connectivity index (χ4n) is 2.89. The second-order valence-corrected chi connectivity index (χ2v) is 7.05. The van der Waals surface area contributed by atoms with Gasteiger partial charge in [-0.2, -0.15) is 0 Å². The Balaban J connectivity index is 1.67. The highest BCUT2D eigenvalue weighted by Gasteiger charge is 2.12. The van der Waals surface area contributed by atoms with Crippen LogP contribution < -0.4 is 5.32 Å². The van der Waals surface area contributed by atoms with Gasteiger partial charge < -0.3 is 15.4 Å². The van der Waals surface area contributed by atoms with Gasteiger partial charge in [-0.1, -0.05) is 28.1 Å². The highest BCUT2D eigenvalue weighted by Crippen LogP contribution is 2.29. The third kappa shape index (κ3) is 3.28. The molecule has 0 radical (unpaired) electrons. The van der Waals surface area contributed by atoms with E-state index < -0.39 is 0 Å². The van der Waals surface area contributed by atoms with E-state index >= 15 is 0 Å². The lowest BCUT2D eigenvalue weighted by Crippen LogP contribution is -2.08. The topological polar surface area (TPSA) is 73.8 Å². The molecule has 3 N–H and O–H groups in total. The Labute approximate surface area is 159 Å². The molecular formula is C20H17BrN4O. The smallest absolute Gasteiger partial charge is 0.143 e. The third-order valence-corrected chi connectivity index (χ3v) is 4.86. The van der Waals surface area contributed by atoms with E-state index in [4.69, 9.17) is 0 Å². The summed E-state index contributed by atoms with van der Waals surface area (Å²) in [5.41, 5.74) is 3.86. The number of halogens is 1. The molecule has 0 aliphatic rings. The predicted molar refractivity (Wildman–Crippen MR) is 107 cm³/mol. The maximum absolute atomic E-state index is 9.47. The van der Waals surface area contributed by atoms with Gasteiger partial charge in [-0.3, -0.25) is 0 Å². The number of H-pyrrole nitrogens is 1. The summed E-state index contributed by atoms with van der Waals surface area (Å²) >= 11 is 3.46. The Kier molecular flexibility index (Phi) is 4.34. The van der Waals surface area contributed by atoms with Crippen molar-refractivity contribution in [2.24, 2.45) is 0 Å². The number of fused-ring (bicyclic) bond motifs is 1. The normalized spacial score (nSPS) is 12.2. The van der Waals surface area contributed by atoms with Crippen LogP contribution in [-0.4, -0.2) is 20.1 Å². The van der Waals surface area contributed by atoms with E-state index in [1.54, 1.807) is 18.5 Å². The zero-order valence-corrected chi connectivity index (χ0v) is 15.7. The molecule has 26 heavy (non-hydrogen) atoms. The average Bonchev–Trinajstić information content (AvgIpc) is 3.08. The molecule has 0 aliphatic heterocycles. The van der Waals surface area contributed by atoms with Crippen molar-refractivity contribution in [3.05, 3.63) is 71.0 Å². The van der Waals surface area contributed by atoms with Gasteiger partial charge in [0.05, 0.1) is 5.39 Å². The number of phenolic OH excluding ortho intramolecular Hbond substituents is 1. The summed E-state index contributed by atoms with van der Waals surface area (Å²) in [5.74, 6) is 1.03. The molecular weight excluding hydrogens is 392 g/mol. The maximum Gasteiger partial charge on any atom is 0.143 e. The molecule has 4 rings (SSSR count). The van der Waals surface area contributed by atoms with Gasteiger partial charge in [0.2, 0.25) is 0 Å². The summed E-state index contributed by atoms with van der Waals surface area (Å²) in [5, 5.41) is 13.9. The average molecular weight is 409 g/mol. The molecule has 1 atom stereocenters. The Bertz CT molecular complexity index is 1040. The van der Waals surface area contributed by atoms with E-state index in [9.17, 15) is 5.11 Å². The number of aromatic amines is 1. The zero-order valence-electron chi connectivity index (χ0n) is 14.1. The van der Waals surface area contributed by atoms with Crippen molar-refractivity contribution in [1.29, 1.82) is 0 Å². The highest BCUT2D eigenvalue weighted by atomic mass is 79.9. The third-order valence-electron chi connectivity index (χ3n) is 4.33. The molecule has 130 valence electrons. The Hall–Kier alpha value is -2.86. The van der Waals surface area contributed by atoms with Crippen LogP contribution in [0.4, 0.5) is 5.82 Å². The summed E-state index contributed by atoms with van der Waals surface area (Å²) in [4.78, 5) is 12.1. The monoisotopic (exact) mass is 408 g/mol. The quantitative estimate of drug-likeness (QED) is 0.430. The molecule has 2 aromatic heterocycles. The number of rotatable bonds is 4. The second-order valence-electron chi connectivity index (χ2n) is 6.13. The summed E-state index contributed by atoms with van der Waals surface area (Å²) < 4.78 is 1.06. The lowest BCUT2D eigenvalue weighted by atomic mass is 10.1. The zero-order chi connectivity index (χ0) is 18.1. The van der Waals surface area contributed by atoms with Crippen LogP contribution in [0.15, 0.2) is 65.4 Å². The van der Waals surface area contributed by atoms with Gasteiger partial charge in [0.25, 0.3) is 0 Å². The minimum atomic E-state index is 0.105. The van der Waals surface area contributed by atoms with Gasteiger partial charge in [0, 0.05) is 16.2 Å². The first-order valence-corrected chi connectivity index (χ1v) is 9.04. The fraction of sp³-hybridized carbons (Fsp3) is 0.100. The summed E-state index contributed by atoms with van der Waals surface area (Å²) in [7, 11) is 0. The molecule has 0 fully saturated rings. The Morgan fingerprint density at radius 3 is 2.50 bits per heavy atom. The first-order valence-electron chi connectivity index (χ1n) is 8.25. The molecule has 5 nitrogen and oxygen atoms in total. The van der Waals surface area contributed by atoms with E-state index in [0.29, 0.717) is 0 Å². The molecule has 4 aromatic rings. The van der Waals surface area contributed by atoms with E-state index in [2.05, 4.69) is 55.3 Å². The fourth-order valence-corrected chi connectivity index (χ4v) is 3.16. The van der Waals surface area contributed by atoms with Crippen molar-refractivity contribution in [3.63, 3.8) is 0 Å². The Morgan fingerprint density at radius 1 is 1.04 bits per heavy atom. The van der Waals surface area contributed by atoms with Crippen molar-refractivity contribution < 1.29 is 5.11 Å². The van der Waals surface area contributed by atoms with Gasteiger partial charge in [0.1, 0.15) is 23.5 Å². The van der Waals surface area contributed by atoms with Gasteiger partial charge in [0.15, 0.2) is 0 Å². The number of anilines is 1. The summed E-state index contributed by atoms with van der Waals surface area (Å²) in [6, 6.07) is 17.4. The minimum absolute atomic E-state index is 0.105. The number of aromatic hydroxyl groups is 1. The molecule has 0 bridgehead atoms. The molecule has 2 heterocycles. The van der Waals surface area contributed by atoms with Crippen molar-refractivity contribution in [2.75, 3.05) is 5.32 Å². The van der Waals surface area contributed by atoms with E-state index in [-0.39, 0.29) is 11.8 Å². The van der Waals surface area contributed by atoms with Gasteiger partial charge in [-0.15, -0.1) is 0 Å². The van der Waals surface area contributed by atoms with Crippen molar-refractivity contribution in [3.8, 4) is 17.0 Å². The number of phenols is 1. The summed E-state index contributed by atoms with van der Waals surface area (Å²) in [6.07, 6.45) is 1.55. The molecule has 0 spiro atoms. The first kappa shape index (κ1) is 16.6. The van der Waals surface area contributed by atoms with E-state index in [1.807, 2.05) is 30.3 Å². The summed E-state index contributed by atoms with van der Waals surface area (Å²) in [6.45, 7) is 2.10. The van der Waals surface area contributed by atoms with Crippen LogP contribution >= 0.6 is 15.9 Å². The molecule has 0 unspecified atom stereocenters. The number of nitrogens with one attached hydrogen (secondary N) is 2. The molecule has 0 amide bonds. The number of hydrogen-bond donors (Lipinski definition) is 3. The van der Waals surface area contributed by atoms with Crippen LogP contribution in [0.25, 0.3) is 22.3 Å². The minimum Gasteiger partial charge on any atom is -0.508 e. The molecule has 6 heteroatoms. The largest absolute Gasteiger partial charge is 0.508 e. The van der Waals surface area contributed by atoms with E-state index in [1.165, 1.54) is 5.56 Å². The van der Waals surface area contributed by atoms with Gasteiger partial charge >= 0.3 is 0 Å². The highest BCUT2D eigenvalue weighted by molar-refractivity contribution is 9.10. The van der Waals surface area contributed by atoms with E-state index in [0.717, 1.165) is 32.6 Å². The second kappa shape index (κ2) is 6.80. The Morgan fingerprint density at radius 2 is 1.77 bits per heavy atom. The molecule has 0 saturated heterocycles. The molecule has 0 saturated carbocycles. The van der Waals surface area contributed by atoms with Crippen LogP contribution in [0.5, 0.6) is 5.75 Å². The van der Waals surface area contributed by atoms with Gasteiger partial charge in [-0.05, 0) is 60.5 Å². The SMILES string of the molecule is C[C@@H](Nc1ncnc2[nH]c(-c3ccc(O)cc3)cc12)c1ccc(Br)cc1. The number of benzene rings is 2. The van der Waals surface area contributed by atoms with Crippen molar-refractivity contribution >= 4 is 32.8 Å². The standard InChI is InChI=1S/C20H17BrN4O/c1-12(13-2-6-15(21)7-3-13)24-19-17-10-18(25-20(17)23-11-22-19)14-4-8-16(26)9-5-14/h2-12,26H,1H3,(H2,22,23,24,25)/t12-/m1/s1. The lowest BCUT2D eigenvalue weighted by molar-refractivity contribution is 0.475. The van der Waals surface area contributed by atoms with Crippen LogP contribution in [0.3, 0.4) is 0 Å². The predicted octanol–water partition coefficient (Wildman–Crippen LogP) is 5.27. The van der Waals surface area contributed by atoms with Crippen LogP contribution in [-0.2, 0) is 0 Å². The number of nitrogens with zero attached hydrogens (tertiary/aromatic N) is 2. The van der Waals surface area contributed by atoms with Crippen LogP contribution in [0.1, 0.15) is 18.5 Å². The van der Waals surface area contributed by atoms with Crippen LogP contribution in [0, 0.1) is 0 Å². The number of hydrogen-bond acceptors (Lipinski definition) is 4. The first-order chi connectivity index (χ1) is 12.6. The number of aromatic nitrogens is 3. The van der Waals surface area contributed by atoms with Crippen molar-refractivity contribution in [1.82, 2.24) is 15.0 Å². The van der Waals surface area contributed by atoms with Crippen LogP contribution in [0.2, 0.25) is 0 Å². The lowest BCUT2D eigenvalue weighted by Gasteiger charge is -2.15. The van der Waals surface area contributed by atoms with Gasteiger partial charge in [-0.25, -0.2) is 9.97 Å². The molecule has 2 aromatic carbocycles.